The summed E-state index contributed by atoms with van der Waals surface area (Å²) in [6.45, 7) is 0.753. The van der Waals surface area contributed by atoms with Crippen molar-refractivity contribution in [1.82, 2.24) is 10.6 Å². The molecule has 2 aromatic carbocycles. The van der Waals surface area contributed by atoms with Crippen molar-refractivity contribution < 1.29 is 19.1 Å². The smallest absolute Gasteiger partial charge is 0.251 e. The summed E-state index contributed by atoms with van der Waals surface area (Å²) in [5, 5.41) is 5.77. The number of benzene rings is 2. The Morgan fingerprint density at radius 2 is 1.79 bits per heavy atom. The normalized spacial score (nSPS) is 17.9. The molecule has 1 heterocycles. The van der Waals surface area contributed by atoms with E-state index < -0.39 is 0 Å². The summed E-state index contributed by atoms with van der Waals surface area (Å²) in [7, 11) is 0. The van der Waals surface area contributed by atoms with E-state index >= 15 is 0 Å². The number of hydrogen-bond donors (Lipinski definition) is 2. The van der Waals surface area contributed by atoms with Crippen LogP contribution in [-0.2, 0) is 4.79 Å². The highest BCUT2D eigenvalue weighted by atomic mass is 16.6. The standard InChI is InChI=1S/C22H22N2O4/c25-21(23-13-18-14-27-19-3-1-2-4-20(19)28-18)12-7-15-5-8-16(9-6-15)22(26)24-17-10-11-17/h1-9,12,17-18H,10-11,13-14H2,(H,23,25)(H,24,26)/b12-7+. The molecule has 1 fully saturated rings. The van der Waals surface area contributed by atoms with Crippen molar-refractivity contribution in [1.29, 1.82) is 0 Å². The summed E-state index contributed by atoms with van der Waals surface area (Å²) in [5.74, 6) is 1.15. The van der Waals surface area contributed by atoms with Gasteiger partial charge in [0.05, 0.1) is 6.54 Å². The summed E-state index contributed by atoms with van der Waals surface area (Å²) in [5.41, 5.74) is 1.48. The number of carbonyl (C=O) groups excluding carboxylic acids is 2. The van der Waals surface area contributed by atoms with Gasteiger partial charge in [-0.05, 0) is 48.7 Å². The summed E-state index contributed by atoms with van der Waals surface area (Å²) < 4.78 is 11.4. The Morgan fingerprint density at radius 3 is 2.54 bits per heavy atom. The molecule has 2 N–H and O–H groups in total. The van der Waals surface area contributed by atoms with Crippen molar-refractivity contribution in [3.63, 3.8) is 0 Å². The predicted molar refractivity (Wildman–Crippen MR) is 105 cm³/mol. The second-order valence-corrected chi connectivity index (χ2v) is 6.95. The first-order valence-electron chi connectivity index (χ1n) is 9.43. The summed E-state index contributed by atoms with van der Waals surface area (Å²) in [4.78, 5) is 24.0. The van der Waals surface area contributed by atoms with Gasteiger partial charge in [-0.15, -0.1) is 0 Å². The van der Waals surface area contributed by atoms with Gasteiger partial charge in [0.25, 0.3) is 5.91 Å². The van der Waals surface area contributed by atoms with Gasteiger partial charge >= 0.3 is 0 Å². The second kappa shape index (κ2) is 8.17. The van der Waals surface area contributed by atoms with E-state index in [1.807, 2.05) is 36.4 Å². The van der Waals surface area contributed by atoms with Crippen molar-refractivity contribution in [2.24, 2.45) is 0 Å². The van der Waals surface area contributed by atoms with Gasteiger partial charge in [0.15, 0.2) is 11.5 Å². The van der Waals surface area contributed by atoms with E-state index in [1.165, 1.54) is 6.08 Å². The molecule has 144 valence electrons. The zero-order valence-electron chi connectivity index (χ0n) is 15.4. The number of carbonyl (C=O) groups is 2. The fourth-order valence-corrected chi connectivity index (χ4v) is 2.85. The predicted octanol–water partition coefficient (Wildman–Crippen LogP) is 2.55. The molecule has 2 amide bonds. The lowest BCUT2D eigenvalue weighted by Gasteiger charge is -2.26. The van der Waals surface area contributed by atoms with Crippen molar-refractivity contribution in [2.45, 2.75) is 25.0 Å². The van der Waals surface area contributed by atoms with E-state index in [9.17, 15) is 9.59 Å². The molecule has 0 radical (unpaired) electrons. The minimum absolute atomic E-state index is 0.0490. The summed E-state index contributed by atoms with van der Waals surface area (Å²) in [6.07, 6.45) is 5.08. The number of ether oxygens (including phenoxy) is 2. The Labute approximate surface area is 163 Å². The average Bonchev–Trinajstić information content (AvgIpc) is 3.55. The molecule has 6 nitrogen and oxygen atoms in total. The lowest BCUT2D eigenvalue weighted by Crippen LogP contribution is -2.40. The molecule has 2 aromatic rings. The van der Waals surface area contributed by atoms with E-state index in [4.69, 9.17) is 9.47 Å². The van der Waals surface area contributed by atoms with Crippen LogP contribution in [0.4, 0.5) is 0 Å². The van der Waals surface area contributed by atoms with Gasteiger partial charge < -0.3 is 20.1 Å². The summed E-state index contributed by atoms with van der Waals surface area (Å²) >= 11 is 0. The number of fused-ring (bicyclic) bond motifs is 1. The van der Waals surface area contributed by atoms with Crippen LogP contribution in [0.5, 0.6) is 11.5 Å². The van der Waals surface area contributed by atoms with Gasteiger partial charge in [0, 0.05) is 17.7 Å². The lowest BCUT2D eigenvalue weighted by atomic mass is 10.1. The van der Waals surface area contributed by atoms with E-state index in [1.54, 1.807) is 18.2 Å². The average molecular weight is 378 g/mol. The molecule has 1 atom stereocenters. The first-order chi connectivity index (χ1) is 13.7. The Kier molecular flexibility index (Phi) is 5.28. The van der Waals surface area contributed by atoms with Crippen LogP contribution in [0, 0.1) is 0 Å². The first kappa shape index (κ1) is 18.1. The fourth-order valence-electron chi connectivity index (χ4n) is 2.85. The largest absolute Gasteiger partial charge is 0.486 e. The van der Waals surface area contributed by atoms with Crippen molar-refractivity contribution in [3.8, 4) is 11.5 Å². The Balaban J connectivity index is 1.24. The van der Waals surface area contributed by atoms with Gasteiger partial charge in [0.2, 0.25) is 5.91 Å². The quantitative estimate of drug-likeness (QED) is 0.758. The monoisotopic (exact) mass is 378 g/mol. The van der Waals surface area contributed by atoms with E-state index in [-0.39, 0.29) is 17.9 Å². The molecule has 0 aromatic heterocycles. The SMILES string of the molecule is O=C(/C=C/c1ccc(C(=O)NC2CC2)cc1)NCC1COc2ccccc2O1. The van der Waals surface area contributed by atoms with Crippen LogP contribution in [0.25, 0.3) is 6.08 Å². The van der Waals surface area contributed by atoms with E-state index in [0.29, 0.717) is 30.5 Å². The van der Waals surface area contributed by atoms with E-state index in [2.05, 4.69) is 10.6 Å². The van der Waals surface area contributed by atoms with Crippen LogP contribution in [0.1, 0.15) is 28.8 Å². The minimum atomic E-state index is -0.225. The third-order valence-electron chi connectivity index (χ3n) is 4.58. The third kappa shape index (κ3) is 4.71. The Morgan fingerprint density at radius 1 is 1.04 bits per heavy atom. The maximum Gasteiger partial charge on any atom is 0.251 e. The zero-order valence-corrected chi connectivity index (χ0v) is 15.4. The van der Waals surface area contributed by atoms with Crippen LogP contribution in [0.15, 0.2) is 54.6 Å². The van der Waals surface area contributed by atoms with Crippen LogP contribution in [0.2, 0.25) is 0 Å². The van der Waals surface area contributed by atoms with Crippen molar-refractivity contribution >= 4 is 17.9 Å². The molecule has 4 rings (SSSR count). The van der Waals surface area contributed by atoms with Crippen LogP contribution in [0.3, 0.4) is 0 Å². The number of nitrogens with one attached hydrogen (secondary N) is 2. The fraction of sp³-hybridized carbons (Fsp3) is 0.273. The van der Waals surface area contributed by atoms with Crippen LogP contribution in [-0.4, -0.2) is 37.1 Å². The molecule has 0 saturated heterocycles. The van der Waals surface area contributed by atoms with Gasteiger partial charge in [-0.3, -0.25) is 9.59 Å². The summed E-state index contributed by atoms with van der Waals surface area (Å²) in [6, 6.07) is 15.0. The maximum absolute atomic E-state index is 12.0. The number of amides is 2. The van der Waals surface area contributed by atoms with Crippen LogP contribution < -0.4 is 20.1 Å². The van der Waals surface area contributed by atoms with Crippen molar-refractivity contribution in [2.75, 3.05) is 13.2 Å². The van der Waals surface area contributed by atoms with Crippen LogP contribution >= 0.6 is 0 Å². The molecule has 6 heteroatoms. The Hall–Kier alpha value is -3.28. The van der Waals surface area contributed by atoms with Gasteiger partial charge in [-0.25, -0.2) is 0 Å². The van der Waals surface area contributed by atoms with Gasteiger partial charge in [-0.2, -0.15) is 0 Å². The topological polar surface area (TPSA) is 76.7 Å². The molecule has 1 aliphatic heterocycles. The minimum Gasteiger partial charge on any atom is -0.486 e. The highest BCUT2D eigenvalue weighted by Gasteiger charge is 2.23. The zero-order chi connectivity index (χ0) is 19.3. The Bertz CT molecular complexity index is 888. The molecular weight excluding hydrogens is 356 g/mol. The molecular formula is C22H22N2O4. The lowest BCUT2D eigenvalue weighted by molar-refractivity contribution is -0.116. The highest BCUT2D eigenvalue weighted by Crippen LogP contribution is 2.30. The number of para-hydroxylation sites is 2. The van der Waals surface area contributed by atoms with Gasteiger partial charge in [0.1, 0.15) is 12.7 Å². The molecule has 1 aliphatic carbocycles. The van der Waals surface area contributed by atoms with E-state index in [0.717, 1.165) is 24.2 Å². The third-order valence-corrected chi connectivity index (χ3v) is 4.58. The molecule has 1 saturated carbocycles. The maximum atomic E-state index is 12.0. The second-order valence-electron chi connectivity index (χ2n) is 6.95. The van der Waals surface area contributed by atoms with Crippen molar-refractivity contribution in [3.05, 3.63) is 65.7 Å². The first-order valence-corrected chi connectivity index (χ1v) is 9.43. The highest BCUT2D eigenvalue weighted by molar-refractivity contribution is 5.95. The number of hydrogen-bond acceptors (Lipinski definition) is 4. The molecule has 2 aliphatic rings. The molecule has 0 bridgehead atoms. The molecule has 28 heavy (non-hydrogen) atoms. The molecule has 1 unspecified atom stereocenters. The number of rotatable bonds is 6. The molecule has 0 spiro atoms. The van der Waals surface area contributed by atoms with Gasteiger partial charge in [-0.1, -0.05) is 24.3 Å².